The van der Waals surface area contributed by atoms with Crippen LogP contribution in [0.5, 0.6) is 0 Å². The minimum atomic E-state index is -0.403. The van der Waals surface area contributed by atoms with Gasteiger partial charge in [0.15, 0.2) is 0 Å². The highest BCUT2D eigenvalue weighted by molar-refractivity contribution is 5.76. The van der Waals surface area contributed by atoms with Crippen LogP contribution in [0.3, 0.4) is 0 Å². The Bertz CT molecular complexity index is 434. The lowest BCUT2D eigenvalue weighted by Crippen LogP contribution is -2.29. The van der Waals surface area contributed by atoms with Crippen LogP contribution < -0.4 is 5.32 Å². The molecule has 1 amide bonds. The number of carbonyl (C=O) groups is 1. The standard InChI is InChI=1S/C16H24FNO2/c1-11(2)15(19)8-9-18-16(20)10-12(3)13-6-4-5-7-14(13)17/h4-7,11-12,15,19H,8-10H2,1-3H3,(H,18,20). The first-order valence-corrected chi connectivity index (χ1v) is 7.11. The Balaban J connectivity index is 2.37. The van der Waals surface area contributed by atoms with E-state index in [0.29, 0.717) is 18.5 Å². The van der Waals surface area contributed by atoms with E-state index in [9.17, 15) is 14.3 Å². The van der Waals surface area contributed by atoms with Gasteiger partial charge >= 0.3 is 0 Å². The van der Waals surface area contributed by atoms with Gasteiger partial charge in [0, 0.05) is 13.0 Å². The first-order valence-electron chi connectivity index (χ1n) is 7.11. The monoisotopic (exact) mass is 281 g/mol. The summed E-state index contributed by atoms with van der Waals surface area (Å²) in [5.41, 5.74) is 0.560. The summed E-state index contributed by atoms with van der Waals surface area (Å²) in [5, 5.41) is 12.4. The lowest BCUT2D eigenvalue weighted by atomic mass is 9.97. The molecule has 0 aliphatic heterocycles. The summed E-state index contributed by atoms with van der Waals surface area (Å²) in [7, 11) is 0. The molecule has 2 N–H and O–H groups in total. The fourth-order valence-electron chi connectivity index (χ4n) is 2.03. The maximum absolute atomic E-state index is 13.6. The number of amides is 1. The molecule has 20 heavy (non-hydrogen) atoms. The van der Waals surface area contributed by atoms with Gasteiger partial charge in [-0.25, -0.2) is 4.39 Å². The van der Waals surface area contributed by atoms with E-state index in [4.69, 9.17) is 0 Å². The number of halogens is 1. The predicted octanol–water partition coefficient (Wildman–Crippen LogP) is 2.84. The van der Waals surface area contributed by atoms with Crippen molar-refractivity contribution in [3.05, 3.63) is 35.6 Å². The van der Waals surface area contributed by atoms with Crippen LogP contribution in [0, 0.1) is 11.7 Å². The van der Waals surface area contributed by atoms with E-state index >= 15 is 0 Å². The summed E-state index contributed by atoms with van der Waals surface area (Å²) in [6, 6.07) is 6.52. The second kappa shape index (κ2) is 8.00. The summed E-state index contributed by atoms with van der Waals surface area (Å²) in [6.07, 6.45) is 0.384. The third-order valence-corrected chi connectivity index (χ3v) is 3.46. The number of carbonyl (C=O) groups excluding carboxylic acids is 1. The van der Waals surface area contributed by atoms with Gasteiger partial charge in [0.25, 0.3) is 0 Å². The van der Waals surface area contributed by atoms with Crippen molar-refractivity contribution in [1.82, 2.24) is 5.32 Å². The summed E-state index contributed by atoms with van der Waals surface area (Å²) in [5.74, 6) is -0.366. The van der Waals surface area contributed by atoms with E-state index in [-0.39, 0.29) is 30.0 Å². The Hall–Kier alpha value is -1.42. The summed E-state index contributed by atoms with van der Waals surface area (Å²) < 4.78 is 13.6. The minimum absolute atomic E-state index is 0.114. The molecule has 0 heterocycles. The van der Waals surface area contributed by atoms with E-state index in [1.807, 2.05) is 20.8 Å². The number of hydrogen-bond acceptors (Lipinski definition) is 2. The molecule has 0 spiro atoms. The van der Waals surface area contributed by atoms with Crippen LogP contribution in [-0.4, -0.2) is 23.7 Å². The molecule has 112 valence electrons. The van der Waals surface area contributed by atoms with Gasteiger partial charge in [0.1, 0.15) is 5.82 Å². The Morgan fingerprint density at radius 3 is 2.55 bits per heavy atom. The van der Waals surface area contributed by atoms with E-state index in [0.717, 1.165) is 0 Å². The normalized spacial score (nSPS) is 14.1. The van der Waals surface area contributed by atoms with E-state index < -0.39 is 6.10 Å². The highest BCUT2D eigenvalue weighted by Crippen LogP contribution is 2.21. The molecular weight excluding hydrogens is 257 g/mol. The van der Waals surface area contributed by atoms with Gasteiger partial charge in [-0.05, 0) is 29.9 Å². The van der Waals surface area contributed by atoms with E-state index in [1.54, 1.807) is 18.2 Å². The van der Waals surface area contributed by atoms with Crippen LogP contribution >= 0.6 is 0 Å². The minimum Gasteiger partial charge on any atom is -0.393 e. The molecule has 0 fully saturated rings. The topological polar surface area (TPSA) is 49.3 Å². The molecule has 1 aromatic carbocycles. The first kappa shape index (κ1) is 16.6. The van der Waals surface area contributed by atoms with Gasteiger partial charge in [-0.15, -0.1) is 0 Å². The summed E-state index contributed by atoms with van der Waals surface area (Å²) in [4.78, 5) is 11.8. The Kier molecular flexibility index (Phi) is 6.65. The van der Waals surface area contributed by atoms with Crippen molar-refractivity contribution in [2.75, 3.05) is 6.54 Å². The zero-order chi connectivity index (χ0) is 15.1. The molecule has 0 aliphatic rings. The molecule has 4 heteroatoms. The van der Waals surface area contributed by atoms with Crippen molar-refractivity contribution in [2.45, 2.75) is 45.6 Å². The summed E-state index contributed by atoms with van der Waals surface area (Å²) >= 11 is 0. The highest BCUT2D eigenvalue weighted by Gasteiger charge is 2.15. The smallest absolute Gasteiger partial charge is 0.220 e. The molecular formula is C16H24FNO2. The molecule has 0 aromatic heterocycles. The Labute approximate surface area is 120 Å². The molecule has 2 atom stereocenters. The summed E-state index contributed by atoms with van der Waals surface area (Å²) in [6.45, 7) is 6.16. The van der Waals surface area contributed by atoms with Gasteiger partial charge < -0.3 is 10.4 Å². The van der Waals surface area contributed by atoms with Crippen LogP contribution in [0.1, 0.15) is 45.1 Å². The molecule has 0 saturated heterocycles. The van der Waals surface area contributed by atoms with Crippen LogP contribution in [0.25, 0.3) is 0 Å². The predicted molar refractivity (Wildman–Crippen MR) is 77.9 cm³/mol. The number of benzene rings is 1. The lowest BCUT2D eigenvalue weighted by Gasteiger charge is -2.16. The molecule has 0 radical (unpaired) electrons. The first-order chi connectivity index (χ1) is 9.41. The Morgan fingerprint density at radius 2 is 1.95 bits per heavy atom. The van der Waals surface area contributed by atoms with E-state index in [1.165, 1.54) is 6.07 Å². The molecule has 0 bridgehead atoms. The maximum Gasteiger partial charge on any atom is 0.220 e. The van der Waals surface area contributed by atoms with Crippen LogP contribution in [0.2, 0.25) is 0 Å². The van der Waals surface area contributed by atoms with Gasteiger partial charge in [0.2, 0.25) is 5.91 Å². The second-order valence-electron chi connectivity index (χ2n) is 5.58. The van der Waals surface area contributed by atoms with Gasteiger partial charge in [-0.2, -0.15) is 0 Å². The lowest BCUT2D eigenvalue weighted by molar-refractivity contribution is -0.121. The van der Waals surface area contributed by atoms with Gasteiger partial charge in [-0.3, -0.25) is 4.79 Å². The van der Waals surface area contributed by atoms with Gasteiger partial charge in [-0.1, -0.05) is 39.0 Å². The third-order valence-electron chi connectivity index (χ3n) is 3.46. The average Bonchev–Trinajstić information content (AvgIpc) is 2.38. The van der Waals surface area contributed by atoms with Crippen LogP contribution in [0.15, 0.2) is 24.3 Å². The van der Waals surface area contributed by atoms with Crippen molar-refractivity contribution in [3.63, 3.8) is 0 Å². The third kappa shape index (κ3) is 5.29. The largest absolute Gasteiger partial charge is 0.393 e. The van der Waals surface area contributed by atoms with Crippen LogP contribution in [-0.2, 0) is 4.79 Å². The fourth-order valence-corrected chi connectivity index (χ4v) is 2.03. The molecule has 0 saturated carbocycles. The number of hydrogen-bond donors (Lipinski definition) is 2. The van der Waals surface area contributed by atoms with Crippen LogP contribution in [0.4, 0.5) is 4.39 Å². The highest BCUT2D eigenvalue weighted by atomic mass is 19.1. The number of aliphatic hydroxyl groups excluding tert-OH is 1. The number of aliphatic hydroxyl groups is 1. The molecule has 0 aliphatic carbocycles. The van der Waals surface area contributed by atoms with Gasteiger partial charge in [0.05, 0.1) is 6.10 Å². The molecule has 2 unspecified atom stereocenters. The van der Waals surface area contributed by atoms with Crippen molar-refractivity contribution in [3.8, 4) is 0 Å². The maximum atomic E-state index is 13.6. The second-order valence-corrected chi connectivity index (χ2v) is 5.58. The van der Waals surface area contributed by atoms with Crippen molar-refractivity contribution >= 4 is 5.91 Å². The zero-order valence-corrected chi connectivity index (χ0v) is 12.4. The molecule has 1 rings (SSSR count). The van der Waals surface area contributed by atoms with E-state index in [2.05, 4.69) is 5.32 Å². The Morgan fingerprint density at radius 1 is 1.30 bits per heavy atom. The SMILES string of the molecule is CC(CC(=O)NCCC(O)C(C)C)c1ccccc1F. The molecule has 3 nitrogen and oxygen atoms in total. The molecule has 1 aromatic rings. The van der Waals surface area contributed by atoms with Crippen molar-refractivity contribution in [1.29, 1.82) is 0 Å². The quantitative estimate of drug-likeness (QED) is 0.807. The average molecular weight is 281 g/mol. The number of rotatable bonds is 7. The number of nitrogens with one attached hydrogen (secondary N) is 1. The van der Waals surface area contributed by atoms with Crippen molar-refractivity contribution < 1.29 is 14.3 Å². The fraction of sp³-hybridized carbons (Fsp3) is 0.562. The zero-order valence-electron chi connectivity index (χ0n) is 12.4. The van der Waals surface area contributed by atoms with Crippen molar-refractivity contribution in [2.24, 2.45) is 5.92 Å².